The number of anilines is 1. The molecule has 0 saturated carbocycles. The van der Waals surface area contributed by atoms with Crippen LogP contribution in [0.25, 0.3) is 11.1 Å². The second-order valence-electron chi connectivity index (χ2n) is 4.57. The summed E-state index contributed by atoms with van der Waals surface area (Å²) in [7, 11) is 0. The largest absolute Gasteiger partial charge is 0.398 e. The van der Waals surface area contributed by atoms with Crippen LogP contribution in [0.3, 0.4) is 0 Å². The number of hydrogen-bond donors (Lipinski definition) is 1. The third-order valence-electron chi connectivity index (χ3n) is 3.42. The van der Waals surface area contributed by atoms with E-state index in [1.807, 2.05) is 0 Å². The highest BCUT2D eigenvalue weighted by molar-refractivity contribution is 5.77. The van der Waals surface area contributed by atoms with E-state index in [0.717, 1.165) is 17.5 Å². The Labute approximate surface area is 100 Å². The molecule has 3 rings (SSSR count). The molecule has 1 nitrogen and oxygen atoms in total. The minimum Gasteiger partial charge on any atom is -0.398 e. The zero-order valence-corrected chi connectivity index (χ0v) is 9.54. The van der Waals surface area contributed by atoms with E-state index in [1.165, 1.54) is 36.1 Å². The third-order valence-corrected chi connectivity index (χ3v) is 3.42. The van der Waals surface area contributed by atoms with Crippen molar-refractivity contribution in [1.82, 2.24) is 0 Å². The summed E-state index contributed by atoms with van der Waals surface area (Å²) in [6, 6.07) is 11.0. The Morgan fingerprint density at radius 1 is 0.941 bits per heavy atom. The third kappa shape index (κ3) is 1.80. The Morgan fingerprint density at radius 2 is 1.76 bits per heavy atom. The van der Waals surface area contributed by atoms with Crippen LogP contribution in [-0.2, 0) is 12.8 Å². The summed E-state index contributed by atoms with van der Waals surface area (Å²) in [5.74, 6) is -0.285. The number of halogens is 1. The molecular weight excluding hydrogens is 213 g/mol. The summed E-state index contributed by atoms with van der Waals surface area (Å²) in [5.41, 5.74) is 11.2. The van der Waals surface area contributed by atoms with Gasteiger partial charge in [-0.15, -0.1) is 0 Å². The molecule has 0 heterocycles. The van der Waals surface area contributed by atoms with Gasteiger partial charge in [-0.1, -0.05) is 18.2 Å². The first kappa shape index (κ1) is 10.3. The zero-order chi connectivity index (χ0) is 11.8. The summed E-state index contributed by atoms with van der Waals surface area (Å²) in [4.78, 5) is 0. The van der Waals surface area contributed by atoms with E-state index in [9.17, 15) is 4.39 Å². The average Bonchev–Trinajstić information content (AvgIpc) is 2.75. The minimum atomic E-state index is -0.285. The second-order valence-corrected chi connectivity index (χ2v) is 4.57. The van der Waals surface area contributed by atoms with Crippen molar-refractivity contribution in [2.24, 2.45) is 0 Å². The van der Waals surface area contributed by atoms with Gasteiger partial charge in [-0.2, -0.15) is 0 Å². The zero-order valence-electron chi connectivity index (χ0n) is 9.54. The minimum absolute atomic E-state index is 0.285. The molecule has 0 amide bonds. The summed E-state index contributed by atoms with van der Waals surface area (Å²) in [6.45, 7) is 0. The van der Waals surface area contributed by atoms with Gasteiger partial charge in [0, 0.05) is 11.3 Å². The normalized spacial score (nSPS) is 13.7. The maximum Gasteiger partial charge on any atom is 0.125 e. The molecule has 17 heavy (non-hydrogen) atoms. The van der Waals surface area contributed by atoms with E-state index in [1.54, 1.807) is 6.07 Å². The van der Waals surface area contributed by atoms with Gasteiger partial charge >= 0.3 is 0 Å². The first-order valence-electron chi connectivity index (χ1n) is 5.91. The standard InChI is InChI=1S/C15H14FN/c16-13-6-7-14(15(17)9-13)12-5-4-10-2-1-3-11(10)8-12/h4-9H,1-3,17H2. The second kappa shape index (κ2) is 3.88. The smallest absolute Gasteiger partial charge is 0.125 e. The van der Waals surface area contributed by atoms with Crippen LogP contribution in [0.1, 0.15) is 17.5 Å². The van der Waals surface area contributed by atoms with Crippen LogP contribution in [0, 0.1) is 5.82 Å². The van der Waals surface area contributed by atoms with Gasteiger partial charge in [0.15, 0.2) is 0 Å². The topological polar surface area (TPSA) is 26.0 Å². The fourth-order valence-corrected chi connectivity index (χ4v) is 2.54. The monoisotopic (exact) mass is 227 g/mol. The van der Waals surface area contributed by atoms with Gasteiger partial charge in [-0.25, -0.2) is 4.39 Å². The van der Waals surface area contributed by atoms with Crippen molar-refractivity contribution < 1.29 is 4.39 Å². The van der Waals surface area contributed by atoms with Crippen molar-refractivity contribution in [2.45, 2.75) is 19.3 Å². The average molecular weight is 227 g/mol. The van der Waals surface area contributed by atoms with Crippen LogP contribution in [-0.4, -0.2) is 0 Å². The van der Waals surface area contributed by atoms with Crippen molar-refractivity contribution in [3.8, 4) is 11.1 Å². The lowest BCUT2D eigenvalue weighted by molar-refractivity contribution is 0.628. The molecule has 0 fully saturated rings. The van der Waals surface area contributed by atoms with Gasteiger partial charge < -0.3 is 5.73 Å². The summed E-state index contributed by atoms with van der Waals surface area (Å²) in [5, 5.41) is 0. The Balaban J connectivity index is 2.09. The molecule has 1 aliphatic carbocycles. The van der Waals surface area contributed by atoms with Gasteiger partial charge in [0.05, 0.1) is 0 Å². The van der Waals surface area contributed by atoms with Crippen LogP contribution in [0.5, 0.6) is 0 Å². The Hall–Kier alpha value is -1.83. The predicted molar refractivity (Wildman–Crippen MR) is 68.3 cm³/mol. The molecule has 86 valence electrons. The van der Waals surface area contributed by atoms with Crippen LogP contribution in [0.4, 0.5) is 10.1 Å². The maximum absolute atomic E-state index is 13.0. The maximum atomic E-state index is 13.0. The highest BCUT2D eigenvalue weighted by Gasteiger charge is 2.12. The van der Waals surface area contributed by atoms with E-state index in [0.29, 0.717) is 5.69 Å². The van der Waals surface area contributed by atoms with E-state index in [4.69, 9.17) is 5.73 Å². The fourth-order valence-electron chi connectivity index (χ4n) is 2.54. The number of fused-ring (bicyclic) bond motifs is 1. The molecule has 2 N–H and O–H groups in total. The highest BCUT2D eigenvalue weighted by Crippen LogP contribution is 2.31. The molecule has 2 heteroatoms. The molecule has 0 aliphatic heterocycles. The summed E-state index contributed by atoms with van der Waals surface area (Å²) >= 11 is 0. The molecule has 0 saturated heterocycles. The molecule has 0 atom stereocenters. The Morgan fingerprint density at radius 3 is 2.59 bits per heavy atom. The van der Waals surface area contributed by atoms with Gasteiger partial charge in [-0.05, 0) is 54.2 Å². The van der Waals surface area contributed by atoms with Crippen molar-refractivity contribution >= 4 is 5.69 Å². The summed E-state index contributed by atoms with van der Waals surface area (Å²) in [6.07, 6.45) is 3.55. The van der Waals surface area contributed by atoms with Gasteiger partial charge in [0.25, 0.3) is 0 Å². The molecule has 1 aliphatic rings. The number of aryl methyl sites for hydroxylation is 2. The molecule has 2 aromatic rings. The van der Waals surface area contributed by atoms with Crippen molar-refractivity contribution in [3.05, 3.63) is 53.3 Å². The molecule has 0 unspecified atom stereocenters. The molecule has 0 spiro atoms. The molecular formula is C15H14FN. The summed E-state index contributed by atoms with van der Waals surface area (Å²) < 4.78 is 13.0. The van der Waals surface area contributed by atoms with Crippen molar-refractivity contribution in [1.29, 1.82) is 0 Å². The van der Waals surface area contributed by atoms with Gasteiger partial charge in [0.2, 0.25) is 0 Å². The van der Waals surface area contributed by atoms with Crippen LogP contribution < -0.4 is 5.73 Å². The Kier molecular flexibility index (Phi) is 2.36. The lowest BCUT2D eigenvalue weighted by Crippen LogP contribution is -1.92. The van der Waals surface area contributed by atoms with Crippen molar-refractivity contribution in [3.63, 3.8) is 0 Å². The fraction of sp³-hybridized carbons (Fsp3) is 0.200. The van der Waals surface area contributed by atoms with Crippen molar-refractivity contribution in [2.75, 3.05) is 5.73 Å². The predicted octanol–water partition coefficient (Wildman–Crippen LogP) is 3.56. The van der Waals surface area contributed by atoms with Gasteiger partial charge in [0.1, 0.15) is 5.82 Å². The molecule has 0 radical (unpaired) electrons. The number of rotatable bonds is 1. The van der Waals surface area contributed by atoms with Crippen LogP contribution in [0.2, 0.25) is 0 Å². The SMILES string of the molecule is Nc1cc(F)ccc1-c1ccc2c(c1)CCC2. The number of hydrogen-bond acceptors (Lipinski definition) is 1. The lowest BCUT2D eigenvalue weighted by Gasteiger charge is -2.08. The van der Waals surface area contributed by atoms with Crippen LogP contribution in [0.15, 0.2) is 36.4 Å². The van der Waals surface area contributed by atoms with Gasteiger partial charge in [-0.3, -0.25) is 0 Å². The quantitative estimate of drug-likeness (QED) is 0.740. The first-order valence-corrected chi connectivity index (χ1v) is 5.91. The molecule has 0 aromatic heterocycles. The number of nitrogens with two attached hydrogens (primary N) is 1. The number of nitrogen functional groups attached to an aromatic ring is 1. The van der Waals surface area contributed by atoms with E-state index >= 15 is 0 Å². The van der Waals surface area contributed by atoms with E-state index in [-0.39, 0.29) is 5.82 Å². The lowest BCUT2D eigenvalue weighted by atomic mass is 9.99. The molecule has 0 bridgehead atoms. The van der Waals surface area contributed by atoms with E-state index < -0.39 is 0 Å². The molecule has 2 aromatic carbocycles. The Bertz CT molecular complexity index is 575. The highest BCUT2D eigenvalue weighted by atomic mass is 19.1. The number of benzene rings is 2. The van der Waals surface area contributed by atoms with E-state index in [2.05, 4.69) is 18.2 Å². The first-order chi connectivity index (χ1) is 8.24. The van der Waals surface area contributed by atoms with Crippen LogP contribution >= 0.6 is 0 Å².